The van der Waals surface area contributed by atoms with Gasteiger partial charge in [0.05, 0.1) is 24.6 Å². The molecule has 4 nitrogen and oxygen atoms in total. The maximum Gasteiger partial charge on any atom is 0.189 e. The van der Waals surface area contributed by atoms with Crippen LogP contribution >= 0.6 is 11.8 Å². The Kier molecular flexibility index (Phi) is 5.15. The van der Waals surface area contributed by atoms with Gasteiger partial charge >= 0.3 is 0 Å². The van der Waals surface area contributed by atoms with Crippen LogP contribution in [0.5, 0.6) is 5.75 Å². The number of nitriles is 1. The maximum absolute atomic E-state index is 8.54. The average Bonchev–Trinajstić information content (AvgIpc) is 2.52. The van der Waals surface area contributed by atoms with E-state index < -0.39 is 0 Å². The van der Waals surface area contributed by atoms with Crippen LogP contribution in [0.1, 0.15) is 11.3 Å². The zero-order valence-corrected chi connectivity index (χ0v) is 11.8. The van der Waals surface area contributed by atoms with Crippen molar-refractivity contribution in [2.75, 3.05) is 12.9 Å². The Hall–Kier alpha value is -2.32. The highest BCUT2D eigenvalue weighted by Crippen LogP contribution is 2.15. The lowest BCUT2D eigenvalue weighted by molar-refractivity contribution is 0.415. The van der Waals surface area contributed by atoms with Crippen LogP contribution in [0.4, 0.5) is 0 Å². The van der Waals surface area contributed by atoms with Gasteiger partial charge in [-0.25, -0.2) is 9.97 Å². The molecule has 0 atom stereocenters. The van der Waals surface area contributed by atoms with Crippen LogP contribution in [0.2, 0.25) is 0 Å². The fourth-order valence-corrected chi connectivity index (χ4v) is 2.01. The van der Waals surface area contributed by atoms with Gasteiger partial charge < -0.3 is 4.74 Å². The van der Waals surface area contributed by atoms with E-state index in [0.717, 1.165) is 17.0 Å². The van der Waals surface area contributed by atoms with E-state index in [1.165, 1.54) is 11.8 Å². The molecule has 0 fully saturated rings. The van der Waals surface area contributed by atoms with Gasteiger partial charge in [0.1, 0.15) is 5.75 Å². The summed E-state index contributed by atoms with van der Waals surface area (Å²) in [6, 6.07) is 11.7. The zero-order chi connectivity index (χ0) is 14.2. The number of ether oxygens (including phenoxy) is 1. The lowest BCUT2D eigenvalue weighted by Crippen LogP contribution is -1.89. The number of hydrogen-bond acceptors (Lipinski definition) is 5. The molecule has 2 aromatic rings. The van der Waals surface area contributed by atoms with Crippen molar-refractivity contribution in [3.05, 3.63) is 47.8 Å². The van der Waals surface area contributed by atoms with Crippen LogP contribution in [0, 0.1) is 11.3 Å². The van der Waals surface area contributed by atoms with E-state index in [9.17, 15) is 0 Å². The Balaban J connectivity index is 2.08. The Bertz CT molecular complexity index is 632. The molecule has 0 saturated heterocycles. The first-order valence-corrected chi connectivity index (χ1v) is 6.95. The molecule has 0 amide bonds. The Morgan fingerprint density at radius 3 is 2.75 bits per heavy atom. The Morgan fingerprint density at radius 1 is 1.25 bits per heavy atom. The van der Waals surface area contributed by atoms with Crippen molar-refractivity contribution in [1.82, 2.24) is 9.97 Å². The quantitative estimate of drug-likeness (QED) is 0.622. The van der Waals surface area contributed by atoms with Crippen LogP contribution < -0.4 is 4.74 Å². The summed E-state index contributed by atoms with van der Waals surface area (Å²) in [6.45, 7) is 0. The molecular formula is C15H13N3OS. The number of aromatic nitrogens is 2. The molecule has 0 radical (unpaired) electrons. The summed E-state index contributed by atoms with van der Waals surface area (Å²) in [5.41, 5.74) is 1.88. The number of nitrogens with zero attached hydrogens (tertiary/aromatic N) is 3. The summed E-state index contributed by atoms with van der Waals surface area (Å²) >= 11 is 1.33. The molecule has 20 heavy (non-hydrogen) atoms. The second-order valence-corrected chi connectivity index (χ2v) is 4.76. The van der Waals surface area contributed by atoms with E-state index in [-0.39, 0.29) is 0 Å². The summed E-state index contributed by atoms with van der Waals surface area (Å²) in [7, 11) is 1.65. The Labute approximate surface area is 122 Å². The number of benzene rings is 1. The van der Waals surface area contributed by atoms with Crippen LogP contribution in [0.25, 0.3) is 12.2 Å². The molecule has 5 heteroatoms. The van der Waals surface area contributed by atoms with E-state index in [1.807, 2.05) is 42.5 Å². The first kappa shape index (κ1) is 14.1. The van der Waals surface area contributed by atoms with Gasteiger partial charge in [-0.05, 0) is 29.8 Å². The minimum Gasteiger partial charge on any atom is -0.497 e. The molecule has 0 aliphatic heterocycles. The fourth-order valence-electron chi connectivity index (χ4n) is 1.51. The van der Waals surface area contributed by atoms with Crippen molar-refractivity contribution >= 4 is 23.9 Å². The third-order valence-corrected chi connectivity index (χ3v) is 3.21. The second kappa shape index (κ2) is 7.31. The first-order valence-electron chi connectivity index (χ1n) is 5.97. The van der Waals surface area contributed by atoms with E-state index in [1.54, 1.807) is 13.3 Å². The number of thioether (sulfide) groups is 1. The number of hydrogen-bond donors (Lipinski definition) is 0. The average molecular weight is 283 g/mol. The lowest BCUT2D eigenvalue weighted by Gasteiger charge is -1.99. The molecule has 100 valence electrons. The van der Waals surface area contributed by atoms with E-state index >= 15 is 0 Å². The van der Waals surface area contributed by atoms with E-state index in [2.05, 4.69) is 16.0 Å². The molecule has 1 heterocycles. The summed E-state index contributed by atoms with van der Waals surface area (Å²) in [6.07, 6.45) is 5.58. The minimum absolute atomic E-state index is 0.353. The van der Waals surface area contributed by atoms with Gasteiger partial charge in [-0.2, -0.15) is 5.26 Å². The molecule has 0 N–H and O–H groups in total. The van der Waals surface area contributed by atoms with Crippen molar-refractivity contribution in [3.8, 4) is 11.8 Å². The molecule has 2 rings (SSSR count). The summed E-state index contributed by atoms with van der Waals surface area (Å²) < 4.78 is 5.11. The van der Waals surface area contributed by atoms with Gasteiger partial charge in [0.25, 0.3) is 0 Å². The molecule has 1 aromatic heterocycles. The van der Waals surface area contributed by atoms with Crippen molar-refractivity contribution in [2.24, 2.45) is 0 Å². The van der Waals surface area contributed by atoms with Crippen LogP contribution in [-0.4, -0.2) is 22.8 Å². The van der Waals surface area contributed by atoms with Gasteiger partial charge in [0.15, 0.2) is 5.16 Å². The largest absolute Gasteiger partial charge is 0.497 e. The van der Waals surface area contributed by atoms with Crippen LogP contribution in [0.3, 0.4) is 0 Å². The molecule has 0 aliphatic rings. The summed E-state index contributed by atoms with van der Waals surface area (Å²) in [4.78, 5) is 8.45. The SMILES string of the molecule is COc1ccc(/C=C/c2ccnc(SCC#N)n2)cc1. The molecule has 0 saturated carbocycles. The van der Waals surface area contributed by atoms with Gasteiger partial charge in [0, 0.05) is 6.20 Å². The molecule has 0 spiro atoms. The zero-order valence-electron chi connectivity index (χ0n) is 11.0. The maximum atomic E-state index is 8.54. The second-order valence-electron chi connectivity index (χ2n) is 3.82. The van der Waals surface area contributed by atoms with Gasteiger partial charge in [-0.15, -0.1) is 0 Å². The van der Waals surface area contributed by atoms with Crippen molar-refractivity contribution in [3.63, 3.8) is 0 Å². The van der Waals surface area contributed by atoms with E-state index in [4.69, 9.17) is 10.00 Å². The standard InChI is InChI=1S/C15H13N3OS/c1-19-14-6-3-12(4-7-14)2-5-13-8-10-17-15(18-13)20-11-9-16/h2-8,10H,11H2,1H3/b5-2+. The van der Waals surface area contributed by atoms with Gasteiger partial charge in [-0.1, -0.05) is 30.0 Å². The highest BCUT2D eigenvalue weighted by Gasteiger charge is 1.97. The van der Waals surface area contributed by atoms with Gasteiger partial charge in [-0.3, -0.25) is 0 Å². The number of rotatable bonds is 5. The summed E-state index contributed by atoms with van der Waals surface area (Å²) in [5.74, 6) is 1.19. The Morgan fingerprint density at radius 2 is 2.05 bits per heavy atom. The molecule has 0 bridgehead atoms. The minimum atomic E-state index is 0.353. The first-order chi connectivity index (χ1) is 9.81. The van der Waals surface area contributed by atoms with Gasteiger partial charge in [0.2, 0.25) is 0 Å². The fraction of sp³-hybridized carbons (Fsp3) is 0.133. The monoisotopic (exact) mass is 283 g/mol. The predicted octanol–water partition coefficient (Wildman–Crippen LogP) is 3.27. The third kappa shape index (κ3) is 4.11. The van der Waals surface area contributed by atoms with E-state index in [0.29, 0.717) is 10.9 Å². The summed E-state index contributed by atoms with van der Waals surface area (Å²) in [5, 5.41) is 9.16. The highest BCUT2D eigenvalue weighted by molar-refractivity contribution is 7.99. The highest BCUT2D eigenvalue weighted by atomic mass is 32.2. The van der Waals surface area contributed by atoms with Crippen LogP contribution in [-0.2, 0) is 0 Å². The molecular weight excluding hydrogens is 270 g/mol. The predicted molar refractivity (Wildman–Crippen MR) is 80.3 cm³/mol. The third-order valence-electron chi connectivity index (χ3n) is 2.48. The number of methoxy groups -OCH3 is 1. The smallest absolute Gasteiger partial charge is 0.189 e. The topological polar surface area (TPSA) is 58.8 Å². The lowest BCUT2D eigenvalue weighted by atomic mass is 10.2. The van der Waals surface area contributed by atoms with Crippen molar-refractivity contribution < 1.29 is 4.74 Å². The normalized spacial score (nSPS) is 10.4. The van der Waals surface area contributed by atoms with Crippen molar-refractivity contribution in [2.45, 2.75) is 5.16 Å². The molecule has 1 aromatic carbocycles. The molecule has 0 aliphatic carbocycles. The molecule has 0 unspecified atom stereocenters. The van der Waals surface area contributed by atoms with Crippen LogP contribution in [0.15, 0.2) is 41.7 Å². The van der Waals surface area contributed by atoms with Crippen molar-refractivity contribution in [1.29, 1.82) is 5.26 Å².